The van der Waals surface area contributed by atoms with Crippen molar-refractivity contribution in [1.29, 1.82) is 0 Å². The lowest BCUT2D eigenvalue weighted by molar-refractivity contribution is -0.152. The van der Waals surface area contributed by atoms with Crippen molar-refractivity contribution in [3.63, 3.8) is 0 Å². The lowest BCUT2D eigenvalue weighted by atomic mass is 9.87. The second-order valence-corrected chi connectivity index (χ2v) is 7.56. The van der Waals surface area contributed by atoms with Crippen molar-refractivity contribution in [3.8, 4) is 0 Å². The van der Waals surface area contributed by atoms with Gasteiger partial charge in [-0.15, -0.1) is 0 Å². The van der Waals surface area contributed by atoms with Gasteiger partial charge in [-0.2, -0.15) is 0 Å². The molecule has 0 saturated carbocycles. The quantitative estimate of drug-likeness (QED) is 0.806. The van der Waals surface area contributed by atoms with Crippen LogP contribution in [0.1, 0.15) is 29.2 Å². The second kappa shape index (κ2) is 8.39. The van der Waals surface area contributed by atoms with Crippen molar-refractivity contribution >= 4 is 12.0 Å². The zero-order valence-corrected chi connectivity index (χ0v) is 16.1. The molecule has 2 aliphatic heterocycles. The summed E-state index contributed by atoms with van der Waals surface area (Å²) in [6.07, 6.45) is -3.43. The Morgan fingerprint density at radius 2 is 1.87 bits per heavy atom. The van der Waals surface area contributed by atoms with Crippen molar-refractivity contribution < 1.29 is 28.2 Å². The Balaban J connectivity index is 1.60. The second-order valence-electron chi connectivity index (χ2n) is 7.56. The molecule has 1 fully saturated rings. The average Bonchev–Trinajstić information content (AvgIpc) is 2.74. The highest BCUT2D eigenvalue weighted by molar-refractivity contribution is 5.82. The molecule has 4 rings (SSSR count). The van der Waals surface area contributed by atoms with E-state index in [0.29, 0.717) is 13.0 Å². The Hall–Kier alpha value is -3.00. The summed E-state index contributed by atoms with van der Waals surface area (Å²) in [4.78, 5) is 25.7. The van der Waals surface area contributed by atoms with E-state index in [1.54, 1.807) is 17.0 Å². The fourth-order valence-electron chi connectivity index (χ4n) is 4.22. The van der Waals surface area contributed by atoms with Crippen molar-refractivity contribution in [2.24, 2.45) is 0 Å². The first kappa shape index (κ1) is 20.3. The van der Waals surface area contributed by atoms with Gasteiger partial charge in [0.1, 0.15) is 18.1 Å². The SMILES string of the molecule is O=C(O)N[C@@H]1CO[C@@H](C(=O)N2CCc3ccccc3[C@@H]2c2ccc(F)cc2)C[C@H]1F. The molecule has 2 N–H and O–H groups in total. The van der Waals surface area contributed by atoms with Crippen LogP contribution in [0.5, 0.6) is 0 Å². The summed E-state index contributed by atoms with van der Waals surface area (Å²) in [6.45, 7) is 0.209. The van der Waals surface area contributed by atoms with Crippen LogP contribution in [0, 0.1) is 5.82 Å². The molecule has 4 atom stereocenters. The molecule has 6 nitrogen and oxygen atoms in total. The highest BCUT2D eigenvalue weighted by Crippen LogP contribution is 2.36. The number of ether oxygens (including phenoxy) is 1. The largest absolute Gasteiger partial charge is 0.465 e. The molecule has 0 bridgehead atoms. The van der Waals surface area contributed by atoms with Crippen molar-refractivity contribution in [3.05, 3.63) is 71.0 Å². The Morgan fingerprint density at radius 3 is 2.57 bits per heavy atom. The lowest BCUT2D eigenvalue weighted by Gasteiger charge is -2.41. The molecule has 1 saturated heterocycles. The molecule has 2 aliphatic rings. The molecule has 0 unspecified atom stereocenters. The van der Waals surface area contributed by atoms with E-state index in [2.05, 4.69) is 5.32 Å². The molecular formula is C22H22F2N2O4. The van der Waals surface area contributed by atoms with Crippen molar-refractivity contribution in [2.45, 2.75) is 37.2 Å². The fourth-order valence-corrected chi connectivity index (χ4v) is 4.22. The zero-order chi connectivity index (χ0) is 21.3. The monoisotopic (exact) mass is 416 g/mol. The maximum atomic E-state index is 14.5. The van der Waals surface area contributed by atoms with E-state index in [4.69, 9.17) is 9.84 Å². The van der Waals surface area contributed by atoms with Gasteiger partial charge in [-0.3, -0.25) is 4.79 Å². The number of hydrogen-bond donors (Lipinski definition) is 2. The van der Waals surface area contributed by atoms with Gasteiger partial charge >= 0.3 is 6.09 Å². The first-order valence-electron chi connectivity index (χ1n) is 9.83. The van der Waals surface area contributed by atoms with Gasteiger partial charge in [0.05, 0.1) is 18.7 Å². The molecule has 0 aromatic heterocycles. The van der Waals surface area contributed by atoms with Gasteiger partial charge in [-0.25, -0.2) is 13.6 Å². The van der Waals surface area contributed by atoms with Crippen LogP contribution in [-0.2, 0) is 16.0 Å². The molecule has 30 heavy (non-hydrogen) atoms. The molecule has 158 valence electrons. The molecule has 2 amide bonds. The molecule has 2 aromatic carbocycles. The summed E-state index contributed by atoms with van der Waals surface area (Å²) in [5.74, 6) is -0.719. The van der Waals surface area contributed by atoms with E-state index in [0.717, 1.165) is 16.7 Å². The number of nitrogens with one attached hydrogen (secondary N) is 1. The van der Waals surface area contributed by atoms with Crippen molar-refractivity contribution in [2.75, 3.05) is 13.2 Å². The number of fused-ring (bicyclic) bond motifs is 1. The third-order valence-corrected chi connectivity index (χ3v) is 5.69. The minimum atomic E-state index is -1.52. The molecule has 8 heteroatoms. The Morgan fingerprint density at radius 1 is 1.13 bits per heavy atom. The van der Waals surface area contributed by atoms with Crippen LogP contribution in [0.15, 0.2) is 48.5 Å². The molecule has 2 heterocycles. The number of carbonyl (C=O) groups is 2. The highest BCUT2D eigenvalue weighted by Gasteiger charge is 2.41. The smallest absolute Gasteiger partial charge is 0.405 e. The average molecular weight is 416 g/mol. The van der Waals surface area contributed by atoms with E-state index in [9.17, 15) is 18.4 Å². The van der Waals surface area contributed by atoms with Gasteiger partial charge in [0.2, 0.25) is 0 Å². The van der Waals surface area contributed by atoms with E-state index in [1.165, 1.54) is 12.1 Å². The molecule has 0 spiro atoms. The van der Waals surface area contributed by atoms with Gasteiger partial charge in [0, 0.05) is 13.0 Å². The maximum absolute atomic E-state index is 14.5. The third-order valence-electron chi connectivity index (χ3n) is 5.69. The summed E-state index contributed by atoms with van der Waals surface area (Å²) in [6, 6.07) is 12.3. The molecule has 0 aliphatic carbocycles. The molecular weight excluding hydrogens is 394 g/mol. The van der Waals surface area contributed by atoms with E-state index in [-0.39, 0.29) is 24.8 Å². The Labute approximate surface area is 172 Å². The lowest BCUT2D eigenvalue weighted by Crippen LogP contribution is -2.54. The fraction of sp³-hybridized carbons (Fsp3) is 0.364. The Kier molecular flexibility index (Phi) is 5.67. The number of carbonyl (C=O) groups excluding carboxylic acids is 1. The standard InChI is InChI=1S/C22H22F2N2O4/c23-15-7-5-14(6-8-15)20-16-4-2-1-3-13(16)9-10-26(20)21(27)19-11-17(24)18(12-30-19)25-22(28)29/h1-8,17-20,25H,9-12H2,(H,28,29)/t17-,18-,19-,20+/m1/s1. The minimum absolute atomic E-state index is 0.213. The number of nitrogens with zero attached hydrogens (tertiary/aromatic N) is 1. The number of alkyl halides is 1. The van der Waals surface area contributed by atoms with Gasteiger partial charge in [0.15, 0.2) is 0 Å². The number of carboxylic acid groups (broad SMARTS) is 1. The van der Waals surface area contributed by atoms with Gasteiger partial charge in [-0.05, 0) is 35.2 Å². The van der Waals surface area contributed by atoms with Gasteiger partial charge in [0.25, 0.3) is 5.91 Å². The molecule has 0 radical (unpaired) electrons. The third kappa shape index (κ3) is 4.00. The van der Waals surface area contributed by atoms with E-state index >= 15 is 0 Å². The highest BCUT2D eigenvalue weighted by atomic mass is 19.1. The zero-order valence-electron chi connectivity index (χ0n) is 16.1. The van der Waals surface area contributed by atoms with E-state index < -0.39 is 30.5 Å². The molecule has 2 aromatic rings. The summed E-state index contributed by atoms with van der Waals surface area (Å²) in [5, 5.41) is 10.9. The summed E-state index contributed by atoms with van der Waals surface area (Å²) < 4.78 is 33.5. The Bertz CT molecular complexity index is 937. The van der Waals surface area contributed by atoms with Crippen LogP contribution in [0.2, 0.25) is 0 Å². The first-order valence-corrected chi connectivity index (χ1v) is 9.83. The summed E-state index contributed by atoms with van der Waals surface area (Å²) >= 11 is 0. The normalized spacial score (nSPS) is 26.0. The van der Waals surface area contributed by atoms with Crippen LogP contribution in [0.4, 0.5) is 13.6 Å². The van der Waals surface area contributed by atoms with Crippen LogP contribution in [0.25, 0.3) is 0 Å². The predicted octanol–water partition coefficient (Wildman–Crippen LogP) is 3.06. The maximum Gasteiger partial charge on any atom is 0.405 e. The number of hydrogen-bond acceptors (Lipinski definition) is 3. The first-order chi connectivity index (χ1) is 14.4. The number of amides is 2. The topological polar surface area (TPSA) is 78.9 Å². The van der Waals surface area contributed by atoms with Crippen molar-refractivity contribution in [1.82, 2.24) is 10.2 Å². The van der Waals surface area contributed by atoms with Crippen LogP contribution >= 0.6 is 0 Å². The number of benzene rings is 2. The minimum Gasteiger partial charge on any atom is -0.465 e. The van der Waals surface area contributed by atoms with Gasteiger partial charge < -0.3 is 20.1 Å². The van der Waals surface area contributed by atoms with E-state index in [1.807, 2.05) is 24.3 Å². The predicted molar refractivity (Wildman–Crippen MR) is 104 cm³/mol. The van der Waals surface area contributed by atoms with Crippen LogP contribution in [0.3, 0.4) is 0 Å². The number of halogens is 2. The van der Waals surface area contributed by atoms with Gasteiger partial charge in [-0.1, -0.05) is 36.4 Å². The summed E-state index contributed by atoms with van der Waals surface area (Å²) in [7, 11) is 0. The number of rotatable bonds is 3. The van der Waals surface area contributed by atoms with Crippen LogP contribution < -0.4 is 5.32 Å². The van der Waals surface area contributed by atoms with Crippen LogP contribution in [-0.4, -0.2) is 53.5 Å². The summed E-state index contributed by atoms with van der Waals surface area (Å²) in [5.41, 5.74) is 2.81.